The third-order valence-corrected chi connectivity index (χ3v) is 7.52. The molecular weight excluding hydrogens is 280 g/mol. The highest BCUT2D eigenvalue weighted by Crippen LogP contribution is 2.55. The zero-order valence-corrected chi connectivity index (χ0v) is 16.1. The van der Waals surface area contributed by atoms with E-state index in [2.05, 4.69) is 32.6 Å². The summed E-state index contributed by atoms with van der Waals surface area (Å²) >= 11 is 0. The molecule has 1 aliphatic carbocycles. The molecule has 0 aromatic carbocycles. The first-order chi connectivity index (χ1) is 11.0. The van der Waals surface area contributed by atoms with Crippen LogP contribution in [0.1, 0.15) is 105 Å². The molecule has 2 aliphatic heterocycles. The Bertz CT molecular complexity index is 457. The van der Waals surface area contributed by atoms with Gasteiger partial charge in [0.05, 0.1) is 0 Å². The number of hydrogen-bond acceptors (Lipinski definition) is 2. The Morgan fingerprint density at radius 3 is 2.43 bits per heavy atom. The second-order valence-electron chi connectivity index (χ2n) is 9.01. The third kappa shape index (κ3) is 2.79. The van der Waals surface area contributed by atoms with Gasteiger partial charge in [0.25, 0.3) is 0 Å². The standard InChI is InChI=1S/C21H38N2/c1-5-6-12-17-23-20(3)15-9-7-10-16-21(23,4)22-18-13-8-11-14-19(18,20)2/h5-17H2,1-4H3. The molecule has 0 spiro atoms. The maximum absolute atomic E-state index is 5.48. The van der Waals surface area contributed by atoms with Crippen LogP contribution in [0.15, 0.2) is 4.99 Å². The van der Waals surface area contributed by atoms with Gasteiger partial charge >= 0.3 is 0 Å². The van der Waals surface area contributed by atoms with Crippen LogP contribution >= 0.6 is 0 Å². The van der Waals surface area contributed by atoms with E-state index in [9.17, 15) is 0 Å². The number of fused-ring (bicyclic) bond motifs is 4. The van der Waals surface area contributed by atoms with Crippen LogP contribution in [-0.2, 0) is 0 Å². The van der Waals surface area contributed by atoms with Gasteiger partial charge in [-0.25, -0.2) is 0 Å². The van der Waals surface area contributed by atoms with E-state index in [0.29, 0.717) is 11.0 Å². The van der Waals surface area contributed by atoms with Crippen molar-refractivity contribution in [3.05, 3.63) is 0 Å². The Morgan fingerprint density at radius 1 is 0.913 bits per heavy atom. The topological polar surface area (TPSA) is 15.6 Å². The molecule has 1 saturated carbocycles. The molecule has 0 radical (unpaired) electrons. The minimum atomic E-state index is 0.0646. The van der Waals surface area contributed by atoms with Crippen molar-refractivity contribution < 1.29 is 0 Å². The lowest BCUT2D eigenvalue weighted by atomic mass is 9.57. The first kappa shape index (κ1) is 17.5. The highest BCUT2D eigenvalue weighted by atomic mass is 15.4. The molecule has 2 fully saturated rings. The summed E-state index contributed by atoms with van der Waals surface area (Å²) in [6.45, 7) is 11.2. The molecule has 0 N–H and O–H groups in total. The Kier molecular flexibility index (Phi) is 4.93. The lowest BCUT2D eigenvalue weighted by Crippen LogP contribution is -2.70. The third-order valence-electron chi connectivity index (χ3n) is 7.52. The van der Waals surface area contributed by atoms with Gasteiger partial charge in [0, 0.05) is 23.2 Å². The normalized spacial score (nSPS) is 41.7. The maximum atomic E-state index is 5.48. The molecule has 2 bridgehead atoms. The van der Waals surface area contributed by atoms with E-state index in [1.54, 1.807) is 5.71 Å². The van der Waals surface area contributed by atoms with E-state index < -0.39 is 0 Å². The second kappa shape index (κ2) is 6.50. The minimum absolute atomic E-state index is 0.0646. The van der Waals surface area contributed by atoms with Crippen LogP contribution in [0.2, 0.25) is 0 Å². The van der Waals surface area contributed by atoms with Crippen molar-refractivity contribution in [2.45, 2.75) is 116 Å². The molecule has 0 aromatic rings. The van der Waals surface area contributed by atoms with Gasteiger partial charge in [0.15, 0.2) is 0 Å². The highest BCUT2D eigenvalue weighted by Gasteiger charge is 2.59. The lowest BCUT2D eigenvalue weighted by molar-refractivity contribution is -0.0886. The molecule has 3 atom stereocenters. The first-order valence-corrected chi connectivity index (χ1v) is 10.3. The maximum Gasteiger partial charge on any atom is 0.110 e. The van der Waals surface area contributed by atoms with Crippen LogP contribution in [0.3, 0.4) is 0 Å². The number of aliphatic imine (C=N–C) groups is 1. The number of rotatable bonds is 4. The molecule has 0 amide bonds. The van der Waals surface area contributed by atoms with Crippen molar-refractivity contribution in [2.75, 3.05) is 6.54 Å². The summed E-state index contributed by atoms with van der Waals surface area (Å²) in [6.07, 6.45) is 16.1. The van der Waals surface area contributed by atoms with Gasteiger partial charge in [-0.05, 0) is 58.8 Å². The van der Waals surface area contributed by atoms with Crippen LogP contribution in [0.4, 0.5) is 0 Å². The van der Waals surface area contributed by atoms with Crippen LogP contribution < -0.4 is 0 Å². The molecule has 2 heteroatoms. The van der Waals surface area contributed by atoms with Gasteiger partial charge in [-0.2, -0.15) is 0 Å². The number of hydrogen-bond donors (Lipinski definition) is 0. The van der Waals surface area contributed by atoms with Crippen molar-refractivity contribution >= 4 is 5.71 Å². The van der Waals surface area contributed by atoms with Gasteiger partial charge in [0.1, 0.15) is 5.66 Å². The van der Waals surface area contributed by atoms with E-state index in [1.807, 2.05) is 0 Å². The minimum Gasteiger partial charge on any atom is -0.273 e. The van der Waals surface area contributed by atoms with Crippen molar-refractivity contribution in [1.82, 2.24) is 4.90 Å². The zero-order valence-electron chi connectivity index (χ0n) is 16.1. The molecule has 2 heterocycles. The van der Waals surface area contributed by atoms with Crippen LogP contribution in [-0.4, -0.2) is 28.4 Å². The SMILES string of the molecule is CCCCCN1C2(C)CCCCCC1(C)C1(C)CCCCC1=N2. The summed E-state index contributed by atoms with van der Waals surface area (Å²) in [4.78, 5) is 8.36. The molecule has 2 nitrogen and oxygen atoms in total. The monoisotopic (exact) mass is 318 g/mol. The van der Waals surface area contributed by atoms with Gasteiger partial charge in [0.2, 0.25) is 0 Å². The van der Waals surface area contributed by atoms with E-state index >= 15 is 0 Å². The molecule has 3 rings (SSSR count). The second-order valence-corrected chi connectivity index (χ2v) is 9.01. The van der Waals surface area contributed by atoms with Crippen molar-refractivity contribution in [1.29, 1.82) is 0 Å². The lowest BCUT2D eigenvalue weighted by Gasteiger charge is -2.64. The summed E-state index contributed by atoms with van der Waals surface area (Å²) in [6, 6.07) is 0. The van der Waals surface area contributed by atoms with Gasteiger partial charge in [-0.15, -0.1) is 0 Å². The quantitative estimate of drug-likeness (QED) is 0.585. The fourth-order valence-corrected chi connectivity index (χ4v) is 5.85. The average molecular weight is 319 g/mol. The van der Waals surface area contributed by atoms with Crippen molar-refractivity contribution in [3.8, 4) is 0 Å². The summed E-state index contributed by atoms with van der Waals surface area (Å²) < 4.78 is 0. The predicted molar refractivity (Wildman–Crippen MR) is 100 cm³/mol. The van der Waals surface area contributed by atoms with Gasteiger partial charge in [-0.1, -0.05) is 46.0 Å². The largest absolute Gasteiger partial charge is 0.273 e. The highest BCUT2D eigenvalue weighted by molar-refractivity contribution is 5.93. The summed E-state index contributed by atoms with van der Waals surface area (Å²) in [5.41, 5.74) is 2.26. The predicted octanol–water partition coefficient (Wildman–Crippen LogP) is 5.95. The smallest absolute Gasteiger partial charge is 0.110 e. The van der Waals surface area contributed by atoms with Gasteiger partial charge < -0.3 is 0 Å². The summed E-state index contributed by atoms with van der Waals surface area (Å²) in [5.74, 6) is 0. The molecular formula is C21H38N2. The van der Waals surface area contributed by atoms with Crippen LogP contribution in [0.25, 0.3) is 0 Å². The Hall–Kier alpha value is -0.370. The zero-order chi connectivity index (χ0) is 16.6. The Labute approximate surface area is 144 Å². The van der Waals surface area contributed by atoms with Crippen molar-refractivity contribution in [2.24, 2.45) is 10.4 Å². The van der Waals surface area contributed by atoms with Crippen LogP contribution in [0, 0.1) is 5.41 Å². The Balaban J connectivity index is 2.03. The van der Waals surface area contributed by atoms with Crippen molar-refractivity contribution in [3.63, 3.8) is 0 Å². The summed E-state index contributed by atoms with van der Waals surface area (Å²) in [7, 11) is 0. The summed E-state index contributed by atoms with van der Waals surface area (Å²) in [5, 5.41) is 0. The molecule has 132 valence electrons. The molecule has 3 unspecified atom stereocenters. The van der Waals surface area contributed by atoms with Crippen LogP contribution in [0.5, 0.6) is 0 Å². The molecule has 0 aromatic heterocycles. The van der Waals surface area contributed by atoms with E-state index in [-0.39, 0.29) is 5.66 Å². The molecule has 3 aliphatic rings. The fraction of sp³-hybridized carbons (Fsp3) is 0.952. The van der Waals surface area contributed by atoms with E-state index in [1.165, 1.54) is 83.6 Å². The van der Waals surface area contributed by atoms with E-state index in [4.69, 9.17) is 4.99 Å². The molecule has 23 heavy (non-hydrogen) atoms. The molecule has 1 saturated heterocycles. The first-order valence-electron chi connectivity index (χ1n) is 10.3. The average Bonchev–Trinajstić information content (AvgIpc) is 2.51. The van der Waals surface area contributed by atoms with Gasteiger partial charge in [-0.3, -0.25) is 9.89 Å². The Morgan fingerprint density at radius 2 is 1.65 bits per heavy atom. The van der Waals surface area contributed by atoms with E-state index in [0.717, 1.165) is 0 Å². The number of unbranched alkanes of at least 4 members (excludes halogenated alkanes) is 2. The fourth-order valence-electron chi connectivity index (χ4n) is 5.85. The number of nitrogens with zero attached hydrogens (tertiary/aromatic N) is 2.